The van der Waals surface area contributed by atoms with Gasteiger partial charge >= 0.3 is 12.0 Å². The third-order valence-corrected chi connectivity index (χ3v) is 8.30. The van der Waals surface area contributed by atoms with E-state index in [-0.39, 0.29) is 18.9 Å². The summed E-state index contributed by atoms with van der Waals surface area (Å²) in [6.45, 7) is 14.2. The van der Waals surface area contributed by atoms with Gasteiger partial charge in [0.05, 0.1) is 13.0 Å². The van der Waals surface area contributed by atoms with Crippen molar-refractivity contribution in [1.29, 1.82) is 0 Å². The third kappa shape index (κ3) is 4.06. The molecule has 2 aliphatic rings. The first-order valence-corrected chi connectivity index (χ1v) is 13.3. The van der Waals surface area contributed by atoms with Crippen molar-refractivity contribution in [2.75, 3.05) is 6.61 Å². The lowest BCUT2D eigenvalue weighted by atomic mass is 9.99. The molecule has 28 heavy (non-hydrogen) atoms. The first-order valence-electron chi connectivity index (χ1n) is 9.87. The molecule has 8 nitrogen and oxygen atoms in total. The number of imide groups is 1. The average molecular weight is 419 g/mol. The van der Waals surface area contributed by atoms with Gasteiger partial charge in [0, 0.05) is 6.42 Å². The Morgan fingerprint density at radius 3 is 2.36 bits per heavy atom. The van der Waals surface area contributed by atoms with Gasteiger partial charge in [-0.3, -0.25) is 0 Å². The Labute approximate surface area is 168 Å². The Kier molecular flexibility index (Phi) is 6.23. The molecule has 2 aliphatic heterocycles. The molecule has 0 bridgehead atoms. The lowest BCUT2D eigenvalue weighted by molar-refractivity contribution is -0.709. The normalized spacial score (nSPS) is 34.5. The van der Waals surface area contributed by atoms with Crippen LogP contribution in [0.5, 0.6) is 0 Å². The molecule has 1 unspecified atom stereocenters. The number of ether oxygens (including phenoxy) is 3. The van der Waals surface area contributed by atoms with Crippen molar-refractivity contribution in [3.8, 4) is 0 Å². The van der Waals surface area contributed by atoms with Crippen LogP contribution in [0.15, 0.2) is 0 Å². The van der Waals surface area contributed by atoms with Crippen molar-refractivity contribution >= 4 is 20.2 Å². The molecule has 9 heteroatoms. The quantitative estimate of drug-likeness (QED) is 0.674. The van der Waals surface area contributed by atoms with Crippen molar-refractivity contribution in [1.82, 2.24) is 0 Å². The number of aliphatic hydroxyl groups excluding tert-OH is 2. The van der Waals surface area contributed by atoms with Crippen LogP contribution in [0.3, 0.4) is 0 Å². The molecule has 5 atom stereocenters. The Morgan fingerprint density at radius 1 is 1.32 bits per heavy atom. The van der Waals surface area contributed by atoms with Crippen molar-refractivity contribution in [2.45, 2.75) is 103 Å². The molecular weight excluding hydrogens is 382 g/mol. The molecule has 2 amide bonds. The van der Waals surface area contributed by atoms with Gasteiger partial charge in [-0.15, -0.1) is 0 Å². The summed E-state index contributed by atoms with van der Waals surface area (Å²) in [6.07, 6.45) is -2.81. The minimum atomic E-state index is -2.55. The number of carbonyl (C=O) groups is 2. The Balaban J connectivity index is 2.49. The summed E-state index contributed by atoms with van der Waals surface area (Å²) in [6, 6.07) is -0.703. The number of carbonyl (C=O) groups excluding carboxylic acids is 2. The fourth-order valence-corrected chi connectivity index (χ4v) is 7.19. The van der Waals surface area contributed by atoms with E-state index in [1.54, 1.807) is 34.6 Å². The van der Waals surface area contributed by atoms with E-state index in [1.165, 1.54) is 0 Å². The maximum atomic E-state index is 13.4. The molecule has 2 heterocycles. The lowest BCUT2D eigenvalue weighted by Gasteiger charge is -2.46. The van der Waals surface area contributed by atoms with E-state index in [4.69, 9.17) is 14.2 Å². The van der Waals surface area contributed by atoms with Crippen LogP contribution in [-0.4, -0.2) is 76.9 Å². The fraction of sp³-hybridized carbons (Fsp3) is 0.895. The number of likely N-dealkylation sites (tertiary alicyclic amines) is 1. The zero-order valence-corrected chi connectivity index (χ0v) is 19.3. The Bertz CT molecular complexity index is 625. The molecule has 0 saturated carbocycles. The van der Waals surface area contributed by atoms with Gasteiger partial charge in [0.25, 0.3) is 8.24 Å². The molecule has 162 valence electrons. The van der Waals surface area contributed by atoms with Crippen LogP contribution in [-0.2, 0) is 19.0 Å². The van der Waals surface area contributed by atoms with E-state index >= 15 is 0 Å². The first kappa shape index (κ1) is 23.4. The number of quaternary nitrogens is 1. The van der Waals surface area contributed by atoms with Gasteiger partial charge in [-0.05, 0) is 54.3 Å². The second kappa shape index (κ2) is 7.44. The van der Waals surface area contributed by atoms with Gasteiger partial charge in [0.2, 0.25) is 0 Å². The van der Waals surface area contributed by atoms with E-state index < -0.39 is 54.2 Å². The first-order chi connectivity index (χ1) is 12.6. The SMILES string of the molecule is CC(C)(C)OC(=O)[N+]1([Si](C)(C)C)C(=O)CC[C@H]1[C@H](O)[C@@H]1OC(C)(C)O[C@H]1CO. The highest BCUT2D eigenvalue weighted by atomic mass is 28.3. The number of hydrogen-bond donors (Lipinski definition) is 2. The summed E-state index contributed by atoms with van der Waals surface area (Å²) < 4.78 is 16.7. The van der Waals surface area contributed by atoms with Crippen LogP contribution in [0.4, 0.5) is 4.79 Å². The number of amides is 2. The molecule has 2 rings (SSSR count). The van der Waals surface area contributed by atoms with Crippen LogP contribution in [0.2, 0.25) is 19.6 Å². The van der Waals surface area contributed by atoms with Crippen LogP contribution < -0.4 is 0 Å². The van der Waals surface area contributed by atoms with E-state index in [0.29, 0.717) is 6.42 Å². The van der Waals surface area contributed by atoms with Crippen molar-refractivity contribution < 1.29 is 38.2 Å². The van der Waals surface area contributed by atoms with E-state index in [2.05, 4.69) is 0 Å². The highest BCUT2D eigenvalue weighted by molar-refractivity contribution is 6.71. The third-order valence-electron chi connectivity index (χ3n) is 5.42. The molecule has 0 aliphatic carbocycles. The van der Waals surface area contributed by atoms with Crippen molar-refractivity contribution in [3.63, 3.8) is 0 Å². The fourth-order valence-electron chi connectivity index (χ4n) is 4.46. The van der Waals surface area contributed by atoms with E-state index in [0.717, 1.165) is 0 Å². The topological polar surface area (TPSA) is 102 Å². The van der Waals surface area contributed by atoms with E-state index in [9.17, 15) is 19.8 Å². The summed E-state index contributed by atoms with van der Waals surface area (Å²) >= 11 is 0. The van der Waals surface area contributed by atoms with Crippen molar-refractivity contribution in [2.24, 2.45) is 0 Å². The molecule has 0 aromatic rings. The maximum absolute atomic E-state index is 13.4. The summed E-state index contributed by atoms with van der Waals surface area (Å²) in [5, 5.41) is 21.0. The second-order valence-electron chi connectivity index (χ2n) is 10.2. The minimum absolute atomic E-state index is 0.187. The summed E-state index contributed by atoms with van der Waals surface area (Å²) in [4.78, 5) is 26.5. The molecule has 2 fully saturated rings. The molecule has 0 spiro atoms. The number of aliphatic hydroxyl groups is 2. The van der Waals surface area contributed by atoms with Crippen LogP contribution in [0.25, 0.3) is 0 Å². The van der Waals surface area contributed by atoms with Gasteiger partial charge in [-0.1, -0.05) is 0 Å². The smallest absolute Gasteiger partial charge is 0.415 e. The van der Waals surface area contributed by atoms with Gasteiger partial charge in [-0.25, -0.2) is 8.94 Å². The molecule has 0 aromatic carbocycles. The number of nitrogens with zero attached hydrogens (tertiary/aromatic N) is 1. The Morgan fingerprint density at radius 2 is 1.89 bits per heavy atom. The van der Waals surface area contributed by atoms with Gasteiger partial charge in [0.1, 0.15) is 30.0 Å². The number of rotatable bonds is 4. The predicted molar refractivity (Wildman–Crippen MR) is 105 cm³/mol. The molecular formula is C19H36NO7Si+. The van der Waals surface area contributed by atoms with Gasteiger partial charge in [0.15, 0.2) is 5.79 Å². The molecule has 0 aromatic heterocycles. The molecule has 2 saturated heterocycles. The summed E-state index contributed by atoms with van der Waals surface area (Å²) in [7, 11) is -2.55. The highest BCUT2D eigenvalue weighted by Crippen LogP contribution is 2.42. The average Bonchev–Trinajstić information content (AvgIpc) is 3.01. The van der Waals surface area contributed by atoms with E-state index in [1.807, 2.05) is 19.6 Å². The van der Waals surface area contributed by atoms with Crippen LogP contribution in [0.1, 0.15) is 47.5 Å². The standard InChI is InChI=1S/C19H36NO7Si/c1-18(2,3)27-17(24)20(28(6,7)8)12(9-10-14(20)22)15(23)16-13(11-21)25-19(4,5)26-16/h12-13,15-16,21,23H,9-11H2,1-8H3/q+1/t12-,13-,15-,16+,20?/m0/s1. The van der Waals surface area contributed by atoms with Crippen LogP contribution >= 0.6 is 0 Å². The lowest BCUT2D eigenvalue weighted by Crippen LogP contribution is -2.75. The second-order valence-corrected chi connectivity index (χ2v) is 15.2. The van der Waals surface area contributed by atoms with Gasteiger partial charge < -0.3 is 24.4 Å². The zero-order chi connectivity index (χ0) is 21.7. The maximum Gasteiger partial charge on any atom is 0.506 e. The minimum Gasteiger partial charge on any atom is -0.415 e. The summed E-state index contributed by atoms with van der Waals surface area (Å²) in [5.41, 5.74) is -0.761. The highest BCUT2D eigenvalue weighted by Gasteiger charge is 2.68. The molecule has 0 radical (unpaired) electrons. The Hall–Kier alpha value is -0.843. The zero-order valence-electron chi connectivity index (χ0n) is 18.3. The number of hydrogen-bond acceptors (Lipinski definition) is 7. The van der Waals surface area contributed by atoms with Crippen molar-refractivity contribution in [3.05, 3.63) is 0 Å². The van der Waals surface area contributed by atoms with Crippen LogP contribution in [0, 0.1) is 0 Å². The molecule has 2 N–H and O–H groups in total. The monoisotopic (exact) mass is 418 g/mol. The summed E-state index contributed by atoms with van der Waals surface area (Å²) in [5.74, 6) is -1.20. The van der Waals surface area contributed by atoms with Gasteiger partial charge in [-0.2, -0.15) is 4.79 Å². The largest absolute Gasteiger partial charge is 0.506 e. The predicted octanol–water partition coefficient (Wildman–Crippen LogP) is 2.14.